The largest absolute Gasteiger partial charge is 0.350 e. The molecule has 0 atom stereocenters. The number of carbonyl (C=O) groups excluding carboxylic acids is 1. The van der Waals surface area contributed by atoms with Crippen LogP contribution in [0.2, 0.25) is 0 Å². The number of nitrogens with one attached hydrogen (secondary N) is 1. The molecule has 1 amide bonds. The lowest BCUT2D eigenvalue weighted by Gasteiger charge is -2.10. The van der Waals surface area contributed by atoms with Gasteiger partial charge in [0.15, 0.2) is 0 Å². The third kappa shape index (κ3) is 3.14. The molecule has 0 saturated heterocycles. The van der Waals surface area contributed by atoms with Crippen molar-refractivity contribution in [3.63, 3.8) is 0 Å². The lowest BCUT2D eigenvalue weighted by molar-refractivity contribution is 0.0943. The van der Waals surface area contributed by atoms with Gasteiger partial charge in [-0.2, -0.15) is 0 Å². The van der Waals surface area contributed by atoms with Gasteiger partial charge in [0.1, 0.15) is 0 Å². The molecule has 0 aliphatic rings. The molecule has 2 rings (SSSR count). The zero-order valence-electron chi connectivity index (χ0n) is 12.0. The third-order valence-electron chi connectivity index (χ3n) is 3.21. The van der Waals surface area contributed by atoms with E-state index in [-0.39, 0.29) is 11.9 Å². The number of carbonyl (C=O) groups is 1. The Kier molecular flexibility index (Phi) is 3.89. The lowest BCUT2D eigenvalue weighted by Crippen LogP contribution is -2.29. The fourth-order valence-electron chi connectivity index (χ4n) is 2.11. The predicted molar refractivity (Wildman–Crippen MR) is 80.6 cm³/mol. The van der Waals surface area contributed by atoms with Crippen LogP contribution in [0, 0.1) is 0 Å². The standard InChI is InChI=1S/C17H21NO/c1-11(2)13-5-6-15-10-16(8-7-14(15)9-13)17(19)18-12(3)4/h5-12H,1-4H3,(H,18,19). The first-order valence-electron chi connectivity index (χ1n) is 6.82. The number of hydrogen-bond acceptors (Lipinski definition) is 1. The van der Waals surface area contributed by atoms with E-state index in [2.05, 4.69) is 37.4 Å². The van der Waals surface area contributed by atoms with Gasteiger partial charge in [-0.1, -0.05) is 38.1 Å². The van der Waals surface area contributed by atoms with Crippen molar-refractivity contribution in [2.24, 2.45) is 0 Å². The van der Waals surface area contributed by atoms with E-state index in [4.69, 9.17) is 0 Å². The molecule has 0 spiro atoms. The normalized spacial score (nSPS) is 11.3. The Morgan fingerprint density at radius 2 is 1.58 bits per heavy atom. The van der Waals surface area contributed by atoms with Gasteiger partial charge >= 0.3 is 0 Å². The monoisotopic (exact) mass is 255 g/mol. The molecule has 100 valence electrons. The Balaban J connectivity index is 2.36. The molecule has 0 unspecified atom stereocenters. The van der Waals surface area contributed by atoms with Gasteiger partial charge in [0.2, 0.25) is 0 Å². The summed E-state index contributed by atoms with van der Waals surface area (Å²) < 4.78 is 0. The minimum atomic E-state index is -0.00941. The molecule has 2 aromatic rings. The topological polar surface area (TPSA) is 29.1 Å². The highest BCUT2D eigenvalue weighted by Gasteiger charge is 2.08. The van der Waals surface area contributed by atoms with Crippen LogP contribution in [0.15, 0.2) is 36.4 Å². The molecule has 0 saturated carbocycles. The molecule has 0 radical (unpaired) electrons. The van der Waals surface area contributed by atoms with Crippen molar-refractivity contribution in [3.05, 3.63) is 47.5 Å². The SMILES string of the molecule is CC(C)NC(=O)c1ccc2cc(C(C)C)ccc2c1. The van der Waals surface area contributed by atoms with Crippen LogP contribution in [0.4, 0.5) is 0 Å². The van der Waals surface area contributed by atoms with Crippen molar-refractivity contribution in [1.82, 2.24) is 5.32 Å². The highest BCUT2D eigenvalue weighted by molar-refractivity contribution is 5.98. The van der Waals surface area contributed by atoms with Crippen LogP contribution in [-0.4, -0.2) is 11.9 Å². The van der Waals surface area contributed by atoms with Crippen LogP contribution in [0.3, 0.4) is 0 Å². The van der Waals surface area contributed by atoms with Gasteiger partial charge < -0.3 is 5.32 Å². The maximum absolute atomic E-state index is 12.0. The number of hydrogen-bond donors (Lipinski definition) is 1. The summed E-state index contributed by atoms with van der Waals surface area (Å²) in [6.07, 6.45) is 0. The van der Waals surface area contributed by atoms with Crippen LogP contribution in [-0.2, 0) is 0 Å². The molecule has 0 fully saturated rings. The Bertz CT molecular complexity index is 599. The van der Waals surface area contributed by atoms with Crippen molar-refractivity contribution in [1.29, 1.82) is 0 Å². The van der Waals surface area contributed by atoms with Gasteiger partial charge in [-0.05, 0) is 48.2 Å². The smallest absolute Gasteiger partial charge is 0.251 e. The molecular formula is C17H21NO. The van der Waals surface area contributed by atoms with Gasteiger partial charge in [-0.15, -0.1) is 0 Å². The number of benzene rings is 2. The Morgan fingerprint density at radius 1 is 0.947 bits per heavy atom. The number of fused-ring (bicyclic) bond motifs is 1. The Morgan fingerprint density at radius 3 is 2.21 bits per heavy atom. The fourth-order valence-corrected chi connectivity index (χ4v) is 2.11. The number of amides is 1. The van der Waals surface area contributed by atoms with Crippen LogP contribution >= 0.6 is 0 Å². The van der Waals surface area contributed by atoms with Gasteiger partial charge in [-0.25, -0.2) is 0 Å². The van der Waals surface area contributed by atoms with Crippen LogP contribution < -0.4 is 5.32 Å². The Hall–Kier alpha value is -1.83. The van der Waals surface area contributed by atoms with E-state index in [1.165, 1.54) is 10.9 Å². The third-order valence-corrected chi connectivity index (χ3v) is 3.21. The van der Waals surface area contributed by atoms with Crippen molar-refractivity contribution >= 4 is 16.7 Å². The molecule has 0 aliphatic heterocycles. The number of rotatable bonds is 3. The second kappa shape index (κ2) is 5.43. The van der Waals surface area contributed by atoms with Crippen molar-refractivity contribution in [2.45, 2.75) is 39.7 Å². The molecule has 2 aromatic carbocycles. The van der Waals surface area contributed by atoms with Crippen LogP contribution in [0.5, 0.6) is 0 Å². The van der Waals surface area contributed by atoms with Gasteiger partial charge in [-0.3, -0.25) is 4.79 Å². The molecule has 2 nitrogen and oxygen atoms in total. The van der Waals surface area contributed by atoms with Gasteiger partial charge in [0, 0.05) is 11.6 Å². The zero-order valence-corrected chi connectivity index (χ0v) is 12.0. The summed E-state index contributed by atoms with van der Waals surface area (Å²) in [4.78, 5) is 12.0. The molecule has 0 aromatic heterocycles. The van der Waals surface area contributed by atoms with Gasteiger partial charge in [0.05, 0.1) is 0 Å². The summed E-state index contributed by atoms with van der Waals surface area (Å²) in [5, 5.41) is 5.21. The summed E-state index contributed by atoms with van der Waals surface area (Å²) in [6, 6.07) is 12.5. The predicted octanol–water partition coefficient (Wildman–Crippen LogP) is 4.10. The summed E-state index contributed by atoms with van der Waals surface area (Å²) in [7, 11) is 0. The van der Waals surface area contributed by atoms with E-state index in [1.807, 2.05) is 32.0 Å². The average Bonchev–Trinajstić information content (AvgIpc) is 2.36. The second-order valence-electron chi connectivity index (χ2n) is 5.60. The highest BCUT2D eigenvalue weighted by atomic mass is 16.1. The molecule has 0 heterocycles. The van der Waals surface area contributed by atoms with Gasteiger partial charge in [0.25, 0.3) is 5.91 Å². The highest BCUT2D eigenvalue weighted by Crippen LogP contribution is 2.22. The van der Waals surface area contributed by atoms with Crippen LogP contribution in [0.1, 0.15) is 49.5 Å². The minimum absolute atomic E-state index is 0.00941. The zero-order chi connectivity index (χ0) is 14.0. The van der Waals surface area contributed by atoms with Crippen molar-refractivity contribution < 1.29 is 4.79 Å². The minimum Gasteiger partial charge on any atom is -0.350 e. The first-order chi connectivity index (χ1) is 8.97. The first-order valence-corrected chi connectivity index (χ1v) is 6.82. The van der Waals surface area contributed by atoms with E-state index in [0.717, 1.165) is 10.9 Å². The molecule has 2 heteroatoms. The van der Waals surface area contributed by atoms with E-state index in [0.29, 0.717) is 5.92 Å². The summed E-state index contributed by atoms with van der Waals surface area (Å²) in [5.41, 5.74) is 2.05. The van der Waals surface area contributed by atoms with Crippen molar-refractivity contribution in [3.8, 4) is 0 Å². The Labute approximate surface area is 114 Å². The quantitative estimate of drug-likeness (QED) is 0.879. The van der Waals surface area contributed by atoms with E-state index >= 15 is 0 Å². The molecule has 19 heavy (non-hydrogen) atoms. The first kappa shape index (κ1) is 13.6. The summed E-state index contributed by atoms with van der Waals surface area (Å²) in [6.45, 7) is 8.30. The molecule has 0 aliphatic carbocycles. The molecule has 0 bridgehead atoms. The average molecular weight is 255 g/mol. The van der Waals surface area contributed by atoms with E-state index in [9.17, 15) is 4.79 Å². The fraction of sp³-hybridized carbons (Fsp3) is 0.353. The van der Waals surface area contributed by atoms with E-state index < -0.39 is 0 Å². The van der Waals surface area contributed by atoms with Crippen molar-refractivity contribution in [2.75, 3.05) is 0 Å². The molecular weight excluding hydrogens is 234 g/mol. The maximum atomic E-state index is 12.0. The lowest BCUT2D eigenvalue weighted by atomic mass is 9.98. The summed E-state index contributed by atoms with van der Waals surface area (Å²) >= 11 is 0. The summed E-state index contributed by atoms with van der Waals surface area (Å²) in [5.74, 6) is 0.512. The van der Waals surface area contributed by atoms with E-state index in [1.54, 1.807) is 0 Å². The van der Waals surface area contributed by atoms with Crippen LogP contribution in [0.25, 0.3) is 10.8 Å². The second-order valence-corrected chi connectivity index (χ2v) is 5.60. The molecule has 1 N–H and O–H groups in total. The maximum Gasteiger partial charge on any atom is 0.251 e.